The zero-order chi connectivity index (χ0) is 14.2. The van der Waals surface area contributed by atoms with Crippen molar-refractivity contribution in [3.63, 3.8) is 0 Å². The van der Waals surface area contributed by atoms with Crippen molar-refractivity contribution >= 4 is 17.5 Å². The van der Waals surface area contributed by atoms with Crippen molar-refractivity contribution in [2.24, 2.45) is 0 Å². The van der Waals surface area contributed by atoms with E-state index in [9.17, 15) is 17.6 Å². The minimum Gasteiger partial charge on any atom is -0.368 e. The SMILES string of the molecule is Nc1nc(-c2ccc(F)c(Cl)c2)cc(C(F)(F)F)n1. The highest BCUT2D eigenvalue weighted by Gasteiger charge is 2.33. The van der Waals surface area contributed by atoms with Gasteiger partial charge in [-0.25, -0.2) is 14.4 Å². The summed E-state index contributed by atoms with van der Waals surface area (Å²) in [6, 6.07) is 4.17. The molecule has 0 spiro atoms. The number of hydrogen-bond donors (Lipinski definition) is 1. The highest BCUT2D eigenvalue weighted by molar-refractivity contribution is 6.31. The summed E-state index contributed by atoms with van der Waals surface area (Å²) >= 11 is 5.56. The molecule has 0 saturated carbocycles. The number of alkyl halides is 3. The second-order valence-electron chi connectivity index (χ2n) is 3.62. The van der Waals surface area contributed by atoms with E-state index < -0.39 is 23.6 Å². The summed E-state index contributed by atoms with van der Waals surface area (Å²) < 4.78 is 50.7. The average molecular weight is 292 g/mol. The third-order valence-corrected chi connectivity index (χ3v) is 2.54. The quantitative estimate of drug-likeness (QED) is 0.818. The lowest BCUT2D eigenvalue weighted by molar-refractivity contribution is -0.141. The van der Waals surface area contributed by atoms with Crippen LogP contribution in [0.25, 0.3) is 11.3 Å². The molecule has 0 aliphatic rings. The van der Waals surface area contributed by atoms with Crippen LogP contribution in [0.5, 0.6) is 0 Å². The molecular weight excluding hydrogens is 286 g/mol. The van der Waals surface area contributed by atoms with Gasteiger partial charge in [0.25, 0.3) is 0 Å². The van der Waals surface area contributed by atoms with Gasteiger partial charge in [0.1, 0.15) is 5.82 Å². The Hall–Kier alpha value is -1.89. The van der Waals surface area contributed by atoms with E-state index >= 15 is 0 Å². The number of nitrogens with zero attached hydrogens (tertiary/aromatic N) is 2. The number of halogens is 5. The van der Waals surface area contributed by atoms with Gasteiger partial charge in [0, 0.05) is 5.56 Å². The predicted octanol–water partition coefficient (Wildman–Crippen LogP) is 3.54. The second kappa shape index (κ2) is 4.65. The van der Waals surface area contributed by atoms with Gasteiger partial charge in [-0.15, -0.1) is 0 Å². The van der Waals surface area contributed by atoms with E-state index in [0.717, 1.165) is 12.1 Å². The van der Waals surface area contributed by atoms with Gasteiger partial charge in [0.05, 0.1) is 10.7 Å². The summed E-state index contributed by atoms with van der Waals surface area (Å²) in [7, 11) is 0. The first kappa shape index (κ1) is 13.5. The maximum absolute atomic E-state index is 13.0. The molecule has 0 amide bonds. The number of anilines is 1. The maximum Gasteiger partial charge on any atom is 0.433 e. The smallest absolute Gasteiger partial charge is 0.368 e. The van der Waals surface area contributed by atoms with E-state index in [1.54, 1.807) is 0 Å². The van der Waals surface area contributed by atoms with Crippen LogP contribution in [0, 0.1) is 5.82 Å². The van der Waals surface area contributed by atoms with Crippen LogP contribution in [0.3, 0.4) is 0 Å². The molecule has 0 aliphatic carbocycles. The molecule has 2 rings (SSSR count). The molecular formula is C11H6ClF4N3. The molecule has 0 aliphatic heterocycles. The summed E-state index contributed by atoms with van der Waals surface area (Å²) in [6.45, 7) is 0. The molecule has 3 nitrogen and oxygen atoms in total. The molecule has 2 N–H and O–H groups in total. The molecule has 0 radical (unpaired) electrons. The van der Waals surface area contributed by atoms with Gasteiger partial charge in [-0.3, -0.25) is 0 Å². The van der Waals surface area contributed by atoms with Gasteiger partial charge in [0.15, 0.2) is 5.69 Å². The Morgan fingerprint density at radius 2 is 1.79 bits per heavy atom. The number of nitrogen functional groups attached to an aromatic ring is 1. The minimum absolute atomic E-state index is 0.0817. The third-order valence-electron chi connectivity index (χ3n) is 2.25. The number of benzene rings is 1. The van der Waals surface area contributed by atoms with Crippen molar-refractivity contribution in [1.29, 1.82) is 0 Å². The molecule has 0 atom stereocenters. The number of aromatic nitrogens is 2. The van der Waals surface area contributed by atoms with Crippen molar-refractivity contribution in [2.45, 2.75) is 6.18 Å². The lowest BCUT2D eigenvalue weighted by atomic mass is 10.1. The number of rotatable bonds is 1. The van der Waals surface area contributed by atoms with E-state index in [2.05, 4.69) is 9.97 Å². The lowest BCUT2D eigenvalue weighted by Crippen LogP contribution is -2.11. The van der Waals surface area contributed by atoms with Crippen LogP contribution in [0.2, 0.25) is 5.02 Å². The maximum atomic E-state index is 13.0. The van der Waals surface area contributed by atoms with Gasteiger partial charge in [-0.1, -0.05) is 11.6 Å². The number of nitrogens with two attached hydrogens (primary N) is 1. The molecule has 8 heteroatoms. The first-order valence-corrected chi connectivity index (χ1v) is 5.32. The van der Waals surface area contributed by atoms with E-state index in [0.29, 0.717) is 0 Å². The van der Waals surface area contributed by atoms with Crippen molar-refractivity contribution in [3.8, 4) is 11.3 Å². The summed E-state index contributed by atoms with van der Waals surface area (Å²) in [4.78, 5) is 6.78. The Morgan fingerprint density at radius 1 is 1.11 bits per heavy atom. The molecule has 1 heterocycles. The molecule has 1 aromatic carbocycles. The Kier molecular flexibility index (Phi) is 3.32. The summed E-state index contributed by atoms with van der Waals surface area (Å²) in [5.41, 5.74) is 4.19. The predicted molar refractivity (Wildman–Crippen MR) is 61.9 cm³/mol. The first-order valence-electron chi connectivity index (χ1n) is 4.94. The van der Waals surface area contributed by atoms with Crippen LogP contribution in [-0.4, -0.2) is 9.97 Å². The van der Waals surface area contributed by atoms with E-state index in [4.69, 9.17) is 17.3 Å². The number of hydrogen-bond acceptors (Lipinski definition) is 3. The fourth-order valence-corrected chi connectivity index (χ4v) is 1.59. The Bertz CT molecular complexity index is 628. The Balaban J connectivity index is 2.56. The van der Waals surface area contributed by atoms with E-state index in [-0.39, 0.29) is 16.3 Å². The van der Waals surface area contributed by atoms with Gasteiger partial charge in [0.2, 0.25) is 5.95 Å². The average Bonchev–Trinajstić information content (AvgIpc) is 2.31. The highest BCUT2D eigenvalue weighted by atomic mass is 35.5. The van der Waals surface area contributed by atoms with E-state index in [1.165, 1.54) is 12.1 Å². The molecule has 2 aromatic rings. The molecule has 0 saturated heterocycles. The normalized spacial score (nSPS) is 11.6. The highest BCUT2D eigenvalue weighted by Crippen LogP contribution is 2.31. The standard InChI is InChI=1S/C11H6ClF4N3/c12-6-3-5(1-2-7(6)13)8-4-9(11(14,15)16)19-10(17)18-8/h1-4H,(H2,17,18,19). The van der Waals surface area contributed by atoms with Gasteiger partial charge in [-0.2, -0.15) is 13.2 Å². The molecule has 19 heavy (non-hydrogen) atoms. The summed E-state index contributed by atoms with van der Waals surface area (Å²) in [5.74, 6) is -1.20. The third kappa shape index (κ3) is 2.93. The molecule has 0 bridgehead atoms. The largest absolute Gasteiger partial charge is 0.433 e. The first-order chi connectivity index (χ1) is 8.77. The molecule has 100 valence electrons. The van der Waals surface area contributed by atoms with Gasteiger partial charge in [-0.05, 0) is 24.3 Å². The second-order valence-corrected chi connectivity index (χ2v) is 4.03. The van der Waals surface area contributed by atoms with Crippen molar-refractivity contribution < 1.29 is 17.6 Å². The molecule has 1 aromatic heterocycles. The van der Waals surface area contributed by atoms with Crippen LogP contribution in [-0.2, 0) is 6.18 Å². The fraction of sp³-hybridized carbons (Fsp3) is 0.0909. The van der Waals surface area contributed by atoms with E-state index in [1.807, 2.05) is 0 Å². The van der Waals surface area contributed by atoms with Crippen LogP contribution in [0.4, 0.5) is 23.5 Å². The topological polar surface area (TPSA) is 51.8 Å². The monoisotopic (exact) mass is 291 g/mol. The lowest BCUT2D eigenvalue weighted by Gasteiger charge is -2.09. The Labute approximate surface area is 110 Å². The van der Waals surface area contributed by atoms with Crippen molar-refractivity contribution in [2.75, 3.05) is 5.73 Å². The minimum atomic E-state index is -4.64. The summed E-state index contributed by atoms with van der Waals surface area (Å²) in [5, 5.41) is -0.219. The van der Waals surface area contributed by atoms with Crippen molar-refractivity contribution in [1.82, 2.24) is 9.97 Å². The zero-order valence-corrected chi connectivity index (χ0v) is 9.93. The molecule has 0 unspecified atom stereocenters. The Morgan fingerprint density at radius 3 is 2.37 bits per heavy atom. The van der Waals surface area contributed by atoms with Crippen molar-refractivity contribution in [3.05, 3.63) is 40.8 Å². The van der Waals surface area contributed by atoms with Crippen LogP contribution in [0.15, 0.2) is 24.3 Å². The van der Waals surface area contributed by atoms with Crippen LogP contribution >= 0.6 is 11.6 Å². The van der Waals surface area contributed by atoms with Gasteiger partial charge >= 0.3 is 6.18 Å². The van der Waals surface area contributed by atoms with Crippen LogP contribution < -0.4 is 5.73 Å². The van der Waals surface area contributed by atoms with Gasteiger partial charge < -0.3 is 5.73 Å². The fourth-order valence-electron chi connectivity index (χ4n) is 1.41. The zero-order valence-electron chi connectivity index (χ0n) is 9.17. The molecule has 0 fully saturated rings. The van der Waals surface area contributed by atoms with Crippen LogP contribution in [0.1, 0.15) is 5.69 Å². The summed E-state index contributed by atoms with van der Waals surface area (Å²) in [6.07, 6.45) is -4.64.